The molecule has 0 bridgehead atoms. The van der Waals surface area contributed by atoms with Gasteiger partial charge in [-0.25, -0.2) is 4.39 Å². The van der Waals surface area contributed by atoms with Crippen molar-refractivity contribution >= 4 is 23.4 Å². The largest absolute Gasteiger partial charge is 0.356 e. The van der Waals surface area contributed by atoms with Gasteiger partial charge in [0.1, 0.15) is 5.82 Å². The van der Waals surface area contributed by atoms with Crippen molar-refractivity contribution in [3.8, 4) is 0 Å². The zero-order valence-electron chi connectivity index (χ0n) is 15.0. The molecule has 0 aliphatic rings. The van der Waals surface area contributed by atoms with Crippen LogP contribution in [0.15, 0.2) is 18.2 Å². The number of amides is 2. The van der Waals surface area contributed by atoms with E-state index in [1.54, 1.807) is 0 Å². The molecule has 6 heteroatoms. The highest BCUT2D eigenvalue weighted by Gasteiger charge is 2.11. The maximum absolute atomic E-state index is 13.0. The van der Waals surface area contributed by atoms with E-state index in [1.165, 1.54) is 31.4 Å². The lowest BCUT2D eigenvalue weighted by Crippen LogP contribution is -2.31. The number of hydrogen-bond acceptors (Lipinski definition) is 2. The second-order valence-corrected chi connectivity index (χ2v) is 6.98. The van der Waals surface area contributed by atoms with E-state index in [4.69, 9.17) is 11.6 Å². The summed E-state index contributed by atoms with van der Waals surface area (Å²) in [6.07, 6.45) is 5.99. The molecule has 0 saturated carbocycles. The smallest absolute Gasteiger partial charge is 0.252 e. The van der Waals surface area contributed by atoms with Gasteiger partial charge in [-0.15, -0.1) is 0 Å². The number of hydrogen-bond donors (Lipinski definition) is 2. The molecule has 0 heterocycles. The molecule has 0 fully saturated rings. The van der Waals surface area contributed by atoms with E-state index in [1.807, 2.05) is 0 Å². The number of unbranched alkanes of at least 4 members (excludes halogenated alkanes) is 3. The van der Waals surface area contributed by atoms with Gasteiger partial charge in [-0.05, 0) is 30.5 Å². The van der Waals surface area contributed by atoms with E-state index in [9.17, 15) is 14.0 Å². The second-order valence-electron chi connectivity index (χ2n) is 6.58. The van der Waals surface area contributed by atoms with Gasteiger partial charge < -0.3 is 10.6 Å². The monoisotopic (exact) mass is 370 g/mol. The molecule has 1 aromatic carbocycles. The third-order valence-electron chi connectivity index (χ3n) is 3.84. The van der Waals surface area contributed by atoms with E-state index >= 15 is 0 Å². The Bertz CT molecular complexity index is 564. The lowest BCUT2D eigenvalue weighted by Gasteiger charge is -2.08. The van der Waals surface area contributed by atoms with Crippen LogP contribution in [-0.2, 0) is 4.79 Å². The fraction of sp³-hybridized carbons (Fsp3) is 0.579. The molecule has 0 saturated heterocycles. The zero-order chi connectivity index (χ0) is 18.7. The Balaban J connectivity index is 2.11. The number of carbonyl (C=O) groups is 2. The Morgan fingerprint density at radius 2 is 1.80 bits per heavy atom. The fourth-order valence-corrected chi connectivity index (χ4v) is 2.66. The van der Waals surface area contributed by atoms with Gasteiger partial charge in [0, 0.05) is 19.5 Å². The van der Waals surface area contributed by atoms with E-state index < -0.39 is 11.7 Å². The van der Waals surface area contributed by atoms with Crippen molar-refractivity contribution < 1.29 is 14.0 Å². The molecule has 25 heavy (non-hydrogen) atoms. The van der Waals surface area contributed by atoms with Gasteiger partial charge in [0.25, 0.3) is 5.91 Å². The van der Waals surface area contributed by atoms with E-state index in [0.29, 0.717) is 6.54 Å². The highest BCUT2D eigenvalue weighted by Crippen LogP contribution is 2.16. The quantitative estimate of drug-likeness (QED) is 0.570. The van der Waals surface area contributed by atoms with Crippen LogP contribution in [0, 0.1) is 11.7 Å². The first-order valence-corrected chi connectivity index (χ1v) is 9.28. The summed E-state index contributed by atoms with van der Waals surface area (Å²) in [5.41, 5.74) is 0.199. The molecule has 1 aromatic rings. The summed E-state index contributed by atoms with van der Waals surface area (Å²) in [5, 5.41) is 5.52. The van der Waals surface area contributed by atoms with Crippen LogP contribution in [0.3, 0.4) is 0 Å². The summed E-state index contributed by atoms with van der Waals surface area (Å²) in [6.45, 7) is 5.33. The molecule has 2 amide bonds. The summed E-state index contributed by atoms with van der Waals surface area (Å²) in [5.74, 6) is -0.250. The summed E-state index contributed by atoms with van der Waals surface area (Å²) in [7, 11) is 0. The van der Waals surface area contributed by atoms with Gasteiger partial charge >= 0.3 is 0 Å². The van der Waals surface area contributed by atoms with E-state index in [2.05, 4.69) is 24.5 Å². The maximum Gasteiger partial charge on any atom is 0.252 e. The van der Waals surface area contributed by atoms with Crippen LogP contribution in [0.4, 0.5) is 4.39 Å². The predicted octanol–water partition coefficient (Wildman–Crippen LogP) is 4.32. The van der Waals surface area contributed by atoms with Gasteiger partial charge in [0.05, 0.1) is 10.6 Å². The van der Waals surface area contributed by atoms with Crippen molar-refractivity contribution in [2.24, 2.45) is 5.92 Å². The summed E-state index contributed by atoms with van der Waals surface area (Å²) >= 11 is 5.82. The molecule has 0 aliphatic heterocycles. The highest BCUT2D eigenvalue weighted by molar-refractivity contribution is 6.33. The molecule has 2 N–H and O–H groups in total. The van der Waals surface area contributed by atoms with Gasteiger partial charge in [0.2, 0.25) is 5.91 Å². The zero-order valence-corrected chi connectivity index (χ0v) is 15.8. The summed E-state index contributed by atoms with van der Waals surface area (Å²) < 4.78 is 13.0. The first-order chi connectivity index (χ1) is 11.9. The molecular weight excluding hydrogens is 343 g/mol. The molecular formula is C19H28ClFN2O2. The topological polar surface area (TPSA) is 58.2 Å². The third kappa shape index (κ3) is 9.44. The third-order valence-corrected chi connectivity index (χ3v) is 4.16. The lowest BCUT2D eigenvalue weighted by molar-refractivity contribution is -0.120. The van der Waals surface area contributed by atoms with Gasteiger partial charge in [-0.2, -0.15) is 0 Å². The van der Waals surface area contributed by atoms with Crippen molar-refractivity contribution in [3.05, 3.63) is 34.6 Å². The number of halogens is 2. The van der Waals surface area contributed by atoms with Crippen LogP contribution < -0.4 is 10.6 Å². The summed E-state index contributed by atoms with van der Waals surface area (Å²) in [6, 6.07) is 3.59. The van der Waals surface area contributed by atoms with Crippen LogP contribution in [0.25, 0.3) is 0 Å². The number of benzene rings is 1. The standard InChI is InChI=1S/C19H28ClFN2O2/c1-14(2)7-5-3-4-6-11-22-18(24)10-12-23-19(25)16-9-8-15(21)13-17(16)20/h8-9,13-14H,3-7,10-12H2,1-2H3,(H,22,24)(H,23,25). The summed E-state index contributed by atoms with van der Waals surface area (Å²) in [4.78, 5) is 23.6. The Morgan fingerprint density at radius 1 is 1.08 bits per heavy atom. The Kier molecular flexibility index (Phi) is 10.2. The first-order valence-electron chi connectivity index (χ1n) is 8.90. The van der Waals surface area contributed by atoms with Crippen LogP contribution in [0.1, 0.15) is 62.7 Å². The Labute approximate surface area is 154 Å². The van der Waals surface area contributed by atoms with Crippen LogP contribution >= 0.6 is 11.6 Å². The minimum atomic E-state index is -0.495. The molecule has 0 aromatic heterocycles. The average Bonchev–Trinajstić information content (AvgIpc) is 2.53. The number of nitrogens with one attached hydrogen (secondary N) is 2. The van der Waals surface area contributed by atoms with Crippen molar-refractivity contribution in [3.63, 3.8) is 0 Å². The molecule has 0 unspecified atom stereocenters. The molecule has 0 aliphatic carbocycles. The van der Waals surface area contributed by atoms with Crippen molar-refractivity contribution in [1.82, 2.24) is 10.6 Å². The number of rotatable bonds is 11. The van der Waals surface area contributed by atoms with Crippen LogP contribution in [-0.4, -0.2) is 24.9 Å². The SMILES string of the molecule is CC(C)CCCCCCNC(=O)CCNC(=O)c1ccc(F)cc1Cl. The van der Waals surface area contributed by atoms with E-state index in [-0.39, 0.29) is 29.5 Å². The first kappa shape index (κ1) is 21.4. The van der Waals surface area contributed by atoms with Crippen molar-refractivity contribution in [1.29, 1.82) is 0 Å². The Morgan fingerprint density at radius 3 is 2.48 bits per heavy atom. The minimum absolute atomic E-state index is 0.0550. The molecule has 4 nitrogen and oxygen atoms in total. The van der Waals surface area contributed by atoms with Crippen molar-refractivity contribution in [2.75, 3.05) is 13.1 Å². The van der Waals surface area contributed by atoms with Crippen LogP contribution in [0.5, 0.6) is 0 Å². The van der Waals surface area contributed by atoms with Gasteiger partial charge in [-0.1, -0.05) is 51.1 Å². The van der Waals surface area contributed by atoms with Crippen molar-refractivity contribution in [2.45, 2.75) is 52.4 Å². The second kappa shape index (κ2) is 11.9. The lowest BCUT2D eigenvalue weighted by atomic mass is 10.0. The fourth-order valence-electron chi connectivity index (χ4n) is 2.41. The van der Waals surface area contributed by atoms with E-state index in [0.717, 1.165) is 24.8 Å². The molecule has 0 spiro atoms. The van der Waals surface area contributed by atoms with Crippen LogP contribution in [0.2, 0.25) is 5.02 Å². The average molecular weight is 371 g/mol. The minimum Gasteiger partial charge on any atom is -0.356 e. The highest BCUT2D eigenvalue weighted by atomic mass is 35.5. The number of carbonyl (C=O) groups excluding carboxylic acids is 2. The Hall–Kier alpha value is -1.62. The normalized spacial score (nSPS) is 10.8. The molecule has 1 rings (SSSR count). The predicted molar refractivity (Wildman–Crippen MR) is 99.3 cm³/mol. The maximum atomic E-state index is 13.0. The molecule has 140 valence electrons. The van der Waals surface area contributed by atoms with Gasteiger partial charge in [-0.3, -0.25) is 9.59 Å². The van der Waals surface area contributed by atoms with Gasteiger partial charge in [0.15, 0.2) is 0 Å². The molecule has 0 radical (unpaired) electrons. The molecule has 0 atom stereocenters.